The SMILES string of the molecule is COc1ccc(C)cc1Nc1nc(-c2ccccc2)cc(N2CCCC2)n1. The number of hydrogen-bond acceptors (Lipinski definition) is 5. The van der Waals surface area contributed by atoms with Crippen LogP contribution in [0.1, 0.15) is 18.4 Å². The van der Waals surface area contributed by atoms with Crippen molar-refractivity contribution in [1.82, 2.24) is 9.97 Å². The first kappa shape index (κ1) is 17.3. The van der Waals surface area contributed by atoms with Crippen molar-refractivity contribution in [3.05, 3.63) is 60.2 Å². The van der Waals surface area contributed by atoms with E-state index in [0.29, 0.717) is 5.95 Å². The van der Waals surface area contributed by atoms with Crippen molar-refractivity contribution >= 4 is 17.5 Å². The Morgan fingerprint density at radius 3 is 2.48 bits per heavy atom. The van der Waals surface area contributed by atoms with Crippen LogP contribution in [-0.2, 0) is 0 Å². The third-order valence-corrected chi connectivity index (χ3v) is 4.81. The molecule has 0 unspecified atom stereocenters. The predicted octanol–water partition coefficient (Wildman–Crippen LogP) is 4.80. The Hall–Kier alpha value is -3.08. The highest BCUT2D eigenvalue weighted by atomic mass is 16.5. The molecule has 4 rings (SSSR count). The zero-order valence-electron chi connectivity index (χ0n) is 15.8. The molecule has 138 valence electrons. The van der Waals surface area contributed by atoms with Crippen molar-refractivity contribution < 1.29 is 4.74 Å². The van der Waals surface area contributed by atoms with E-state index in [0.717, 1.165) is 47.2 Å². The van der Waals surface area contributed by atoms with E-state index in [1.807, 2.05) is 36.4 Å². The highest BCUT2D eigenvalue weighted by molar-refractivity contribution is 5.69. The van der Waals surface area contributed by atoms with Gasteiger partial charge >= 0.3 is 0 Å². The minimum absolute atomic E-state index is 0.585. The predicted molar refractivity (Wildman–Crippen MR) is 110 cm³/mol. The van der Waals surface area contributed by atoms with Crippen molar-refractivity contribution in [1.29, 1.82) is 0 Å². The van der Waals surface area contributed by atoms with Crippen LogP contribution in [0.2, 0.25) is 0 Å². The van der Waals surface area contributed by atoms with E-state index in [2.05, 4.69) is 35.3 Å². The summed E-state index contributed by atoms with van der Waals surface area (Å²) >= 11 is 0. The lowest BCUT2D eigenvalue weighted by Gasteiger charge is -2.19. The molecular formula is C22H24N4O. The lowest BCUT2D eigenvalue weighted by Crippen LogP contribution is -2.19. The van der Waals surface area contributed by atoms with Crippen molar-refractivity contribution in [3.8, 4) is 17.0 Å². The number of ether oxygens (including phenoxy) is 1. The second-order valence-corrected chi connectivity index (χ2v) is 6.82. The molecule has 0 atom stereocenters. The summed E-state index contributed by atoms with van der Waals surface area (Å²) in [4.78, 5) is 11.9. The molecule has 1 saturated heterocycles. The van der Waals surface area contributed by atoms with E-state index in [9.17, 15) is 0 Å². The van der Waals surface area contributed by atoms with Crippen molar-refractivity contribution in [2.45, 2.75) is 19.8 Å². The molecule has 27 heavy (non-hydrogen) atoms. The number of nitrogens with zero attached hydrogens (tertiary/aromatic N) is 3. The lowest BCUT2D eigenvalue weighted by molar-refractivity contribution is 0.416. The van der Waals surface area contributed by atoms with Crippen molar-refractivity contribution in [2.24, 2.45) is 0 Å². The minimum atomic E-state index is 0.585. The van der Waals surface area contributed by atoms with E-state index in [4.69, 9.17) is 14.7 Å². The van der Waals surface area contributed by atoms with Crippen LogP contribution in [0.5, 0.6) is 5.75 Å². The Kier molecular flexibility index (Phi) is 4.92. The molecule has 0 saturated carbocycles. The zero-order chi connectivity index (χ0) is 18.6. The van der Waals surface area contributed by atoms with E-state index < -0.39 is 0 Å². The third kappa shape index (κ3) is 3.87. The average molecular weight is 360 g/mol. The first-order valence-electron chi connectivity index (χ1n) is 9.34. The average Bonchev–Trinajstić information content (AvgIpc) is 3.24. The molecule has 2 aromatic carbocycles. The first-order valence-corrected chi connectivity index (χ1v) is 9.34. The van der Waals surface area contributed by atoms with Gasteiger partial charge in [-0.3, -0.25) is 0 Å². The van der Waals surface area contributed by atoms with Gasteiger partial charge in [-0.1, -0.05) is 36.4 Å². The molecule has 3 aromatic rings. The summed E-state index contributed by atoms with van der Waals surface area (Å²) in [5, 5.41) is 3.36. The molecule has 5 heteroatoms. The maximum Gasteiger partial charge on any atom is 0.229 e. The van der Waals surface area contributed by atoms with Crippen LogP contribution >= 0.6 is 0 Å². The highest BCUT2D eigenvalue weighted by Crippen LogP contribution is 2.30. The summed E-state index contributed by atoms with van der Waals surface area (Å²) in [6.45, 7) is 4.14. The molecule has 1 aliphatic heterocycles. The molecule has 0 amide bonds. The van der Waals surface area contributed by atoms with E-state index in [1.165, 1.54) is 12.8 Å². The minimum Gasteiger partial charge on any atom is -0.495 e. The lowest BCUT2D eigenvalue weighted by atomic mass is 10.1. The molecule has 1 N–H and O–H groups in total. The fraction of sp³-hybridized carbons (Fsp3) is 0.273. The standard InChI is InChI=1S/C22H24N4O/c1-16-10-11-20(27-2)19(14-16)24-22-23-18(17-8-4-3-5-9-17)15-21(25-22)26-12-6-7-13-26/h3-5,8-11,14-15H,6-7,12-13H2,1-2H3,(H,23,24,25). The van der Waals surface area contributed by atoms with Gasteiger partial charge in [0.15, 0.2) is 0 Å². The normalized spacial score (nSPS) is 13.6. The maximum atomic E-state index is 5.49. The smallest absolute Gasteiger partial charge is 0.229 e. The van der Waals surface area contributed by atoms with Gasteiger partial charge in [0.2, 0.25) is 5.95 Å². The van der Waals surface area contributed by atoms with Crippen LogP contribution in [0, 0.1) is 6.92 Å². The van der Waals surface area contributed by atoms with Crippen LogP contribution in [0.4, 0.5) is 17.5 Å². The summed E-state index contributed by atoms with van der Waals surface area (Å²) in [6.07, 6.45) is 2.41. The number of benzene rings is 2. The van der Waals surface area contributed by atoms with Gasteiger partial charge in [-0.05, 0) is 37.5 Å². The van der Waals surface area contributed by atoms with Gasteiger partial charge in [0.1, 0.15) is 11.6 Å². The van der Waals surface area contributed by atoms with Crippen LogP contribution < -0.4 is 15.0 Å². The van der Waals surface area contributed by atoms with Gasteiger partial charge < -0.3 is 15.0 Å². The Balaban J connectivity index is 1.75. The molecular weight excluding hydrogens is 336 g/mol. The number of aromatic nitrogens is 2. The van der Waals surface area contributed by atoms with Gasteiger partial charge in [0, 0.05) is 24.7 Å². The number of aryl methyl sites for hydroxylation is 1. The maximum absolute atomic E-state index is 5.49. The van der Waals surface area contributed by atoms with Crippen molar-refractivity contribution in [2.75, 3.05) is 30.4 Å². The summed E-state index contributed by atoms with van der Waals surface area (Å²) in [5.74, 6) is 2.33. The molecule has 0 aliphatic carbocycles. The first-order chi connectivity index (χ1) is 13.2. The van der Waals surface area contributed by atoms with Crippen LogP contribution in [0.3, 0.4) is 0 Å². The number of rotatable bonds is 5. The molecule has 1 aliphatic rings. The molecule has 0 spiro atoms. The summed E-state index contributed by atoms with van der Waals surface area (Å²) in [6, 6.07) is 18.4. The monoisotopic (exact) mass is 360 g/mol. The largest absolute Gasteiger partial charge is 0.495 e. The summed E-state index contributed by atoms with van der Waals surface area (Å²) in [7, 11) is 1.67. The Morgan fingerprint density at radius 1 is 0.963 bits per heavy atom. The van der Waals surface area contributed by atoms with Gasteiger partial charge in [-0.2, -0.15) is 4.98 Å². The fourth-order valence-corrected chi connectivity index (χ4v) is 3.40. The van der Waals surface area contributed by atoms with Gasteiger partial charge in [-0.15, -0.1) is 0 Å². The number of nitrogens with one attached hydrogen (secondary N) is 1. The Bertz CT molecular complexity index is 921. The third-order valence-electron chi connectivity index (χ3n) is 4.81. The summed E-state index contributed by atoms with van der Waals surface area (Å²) < 4.78 is 5.49. The number of methoxy groups -OCH3 is 1. The fourth-order valence-electron chi connectivity index (χ4n) is 3.40. The zero-order valence-corrected chi connectivity index (χ0v) is 15.8. The quantitative estimate of drug-likeness (QED) is 0.708. The molecule has 0 radical (unpaired) electrons. The van der Waals surface area contributed by atoms with E-state index >= 15 is 0 Å². The van der Waals surface area contributed by atoms with Crippen molar-refractivity contribution in [3.63, 3.8) is 0 Å². The second kappa shape index (κ2) is 7.66. The number of hydrogen-bond donors (Lipinski definition) is 1. The van der Waals surface area contributed by atoms with Gasteiger partial charge in [0.05, 0.1) is 18.5 Å². The Labute approximate surface area is 160 Å². The Morgan fingerprint density at radius 2 is 1.74 bits per heavy atom. The molecule has 1 aromatic heterocycles. The molecule has 2 heterocycles. The summed E-state index contributed by atoms with van der Waals surface area (Å²) in [5.41, 5.74) is 4.02. The topological polar surface area (TPSA) is 50.3 Å². The molecule has 5 nitrogen and oxygen atoms in total. The highest BCUT2D eigenvalue weighted by Gasteiger charge is 2.17. The second-order valence-electron chi connectivity index (χ2n) is 6.82. The van der Waals surface area contributed by atoms with Gasteiger partial charge in [-0.25, -0.2) is 4.98 Å². The van der Waals surface area contributed by atoms with Crippen LogP contribution in [0.15, 0.2) is 54.6 Å². The van der Waals surface area contributed by atoms with E-state index in [-0.39, 0.29) is 0 Å². The van der Waals surface area contributed by atoms with Gasteiger partial charge in [0.25, 0.3) is 0 Å². The van der Waals surface area contributed by atoms with Crippen LogP contribution in [0.25, 0.3) is 11.3 Å². The molecule has 0 bridgehead atoms. The van der Waals surface area contributed by atoms with Crippen LogP contribution in [-0.4, -0.2) is 30.2 Å². The van der Waals surface area contributed by atoms with E-state index in [1.54, 1.807) is 7.11 Å². The number of anilines is 3. The molecule has 1 fully saturated rings.